The molecular weight excluding hydrogens is 385 g/mol. The van der Waals surface area contributed by atoms with Crippen LogP contribution in [0.4, 0.5) is 5.69 Å². The van der Waals surface area contributed by atoms with E-state index in [9.17, 15) is 4.79 Å². The first-order valence-corrected chi connectivity index (χ1v) is 9.51. The van der Waals surface area contributed by atoms with Gasteiger partial charge in [0.15, 0.2) is 0 Å². The molecule has 5 nitrogen and oxygen atoms in total. The number of carbonyl (C=O) groups is 1. The predicted octanol–water partition coefficient (Wildman–Crippen LogP) is 3.47. The van der Waals surface area contributed by atoms with Crippen molar-refractivity contribution in [2.75, 3.05) is 25.0 Å². The van der Waals surface area contributed by atoms with Crippen LogP contribution in [0.25, 0.3) is 0 Å². The molecule has 1 amide bonds. The molecule has 0 spiro atoms. The highest BCUT2D eigenvalue weighted by atomic mass is 35.5. The smallest absolute Gasteiger partial charge is 0.227 e. The zero-order chi connectivity index (χ0) is 17.8. The van der Waals surface area contributed by atoms with Crippen molar-refractivity contribution in [3.8, 4) is 0 Å². The van der Waals surface area contributed by atoms with Crippen molar-refractivity contribution >= 4 is 36.4 Å². The number of nitrogens with zero attached hydrogens (tertiary/aromatic N) is 1. The molecule has 2 fully saturated rings. The standard InChI is InChI=1S/C20H31N3O2.2ClH/c1-14-10-17(8-9-21-14)20(24)22-19-7-5-4-6-18(19)13-23-11-15(2)25-16(3)12-23;;/h4-7,14-17,21H,8-13H2,1-3H3,(H,22,24);2*1H/t14-,15?,16?,17-;;/m0../s1. The van der Waals surface area contributed by atoms with E-state index in [2.05, 4.69) is 42.4 Å². The Balaban J connectivity index is 0.00000182. The Hall–Kier alpha value is -0.850. The molecule has 0 bridgehead atoms. The van der Waals surface area contributed by atoms with Crippen molar-refractivity contribution in [3.05, 3.63) is 29.8 Å². The zero-order valence-electron chi connectivity index (χ0n) is 16.4. The predicted molar refractivity (Wildman–Crippen MR) is 115 cm³/mol. The number of amides is 1. The minimum absolute atomic E-state index is 0. The summed E-state index contributed by atoms with van der Waals surface area (Å²) in [4.78, 5) is 15.1. The first kappa shape index (κ1) is 24.2. The third kappa shape index (κ3) is 6.91. The van der Waals surface area contributed by atoms with E-state index >= 15 is 0 Å². The highest BCUT2D eigenvalue weighted by molar-refractivity contribution is 5.93. The van der Waals surface area contributed by atoms with Crippen LogP contribution < -0.4 is 10.6 Å². The highest BCUT2D eigenvalue weighted by Crippen LogP contribution is 2.23. The summed E-state index contributed by atoms with van der Waals surface area (Å²) in [6.07, 6.45) is 2.33. The maximum atomic E-state index is 12.7. The summed E-state index contributed by atoms with van der Waals surface area (Å²) in [7, 11) is 0. The molecule has 2 aliphatic rings. The fraction of sp³-hybridized carbons (Fsp3) is 0.650. The van der Waals surface area contributed by atoms with Crippen LogP contribution in [-0.2, 0) is 16.1 Å². The first-order chi connectivity index (χ1) is 12.0. The van der Waals surface area contributed by atoms with Gasteiger partial charge < -0.3 is 15.4 Å². The Morgan fingerprint density at radius 1 is 1.19 bits per heavy atom. The first-order valence-electron chi connectivity index (χ1n) is 9.51. The highest BCUT2D eigenvalue weighted by Gasteiger charge is 2.26. The molecule has 0 radical (unpaired) electrons. The average Bonchev–Trinajstić information content (AvgIpc) is 2.55. The van der Waals surface area contributed by atoms with E-state index in [1.54, 1.807) is 0 Å². The molecule has 154 valence electrons. The van der Waals surface area contributed by atoms with E-state index in [0.29, 0.717) is 6.04 Å². The Labute approximate surface area is 175 Å². The third-order valence-corrected chi connectivity index (χ3v) is 5.16. The van der Waals surface area contributed by atoms with E-state index in [1.807, 2.05) is 18.2 Å². The van der Waals surface area contributed by atoms with Gasteiger partial charge in [0.05, 0.1) is 12.2 Å². The molecule has 1 aromatic rings. The van der Waals surface area contributed by atoms with Gasteiger partial charge >= 0.3 is 0 Å². The number of benzene rings is 1. The number of hydrogen-bond donors (Lipinski definition) is 2. The fourth-order valence-corrected chi connectivity index (χ4v) is 4.04. The Morgan fingerprint density at radius 2 is 1.85 bits per heavy atom. The van der Waals surface area contributed by atoms with Crippen molar-refractivity contribution < 1.29 is 9.53 Å². The molecule has 1 aromatic carbocycles. The molecule has 3 rings (SSSR count). The Bertz CT molecular complexity index is 592. The van der Waals surface area contributed by atoms with Gasteiger partial charge in [0.2, 0.25) is 5.91 Å². The summed E-state index contributed by atoms with van der Waals surface area (Å²) in [5.41, 5.74) is 2.13. The van der Waals surface area contributed by atoms with Crippen LogP contribution in [0.1, 0.15) is 39.2 Å². The molecular formula is C20H33Cl2N3O2. The van der Waals surface area contributed by atoms with E-state index in [4.69, 9.17) is 4.74 Å². The van der Waals surface area contributed by atoms with E-state index < -0.39 is 0 Å². The summed E-state index contributed by atoms with van der Waals surface area (Å²) in [6, 6.07) is 8.59. The number of nitrogens with one attached hydrogen (secondary N) is 2. The minimum Gasteiger partial charge on any atom is -0.373 e. The van der Waals surface area contributed by atoms with Crippen LogP contribution in [0.15, 0.2) is 24.3 Å². The summed E-state index contributed by atoms with van der Waals surface area (Å²) in [5, 5.41) is 6.59. The van der Waals surface area contributed by atoms with Crippen LogP contribution in [0.3, 0.4) is 0 Å². The molecule has 2 aliphatic heterocycles. The minimum atomic E-state index is 0. The summed E-state index contributed by atoms with van der Waals surface area (Å²) in [6.45, 7) is 10.0. The van der Waals surface area contributed by atoms with Crippen molar-refractivity contribution in [3.63, 3.8) is 0 Å². The van der Waals surface area contributed by atoms with Gasteiger partial charge in [-0.05, 0) is 51.8 Å². The van der Waals surface area contributed by atoms with Gasteiger partial charge in [-0.25, -0.2) is 0 Å². The molecule has 4 atom stereocenters. The molecule has 0 saturated carbocycles. The number of piperidine rings is 1. The van der Waals surface area contributed by atoms with E-state index in [1.165, 1.54) is 5.56 Å². The van der Waals surface area contributed by atoms with Crippen LogP contribution >= 0.6 is 24.8 Å². The van der Waals surface area contributed by atoms with Gasteiger partial charge in [0.25, 0.3) is 0 Å². The summed E-state index contributed by atoms with van der Waals surface area (Å²) < 4.78 is 5.82. The Kier molecular flexibility index (Phi) is 10.1. The van der Waals surface area contributed by atoms with Crippen LogP contribution in [0.5, 0.6) is 0 Å². The molecule has 27 heavy (non-hydrogen) atoms. The van der Waals surface area contributed by atoms with Gasteiger partial charge in [-0.3, -0.25) is 9.69 Å². The lowest BCUT2D eigenvalue weighted by Crippen LogP contribution is -2.45. The second-order valence-electron chi connectivity index (χ2n) is 7.67. The quantitative estimate of drug-likeness (QED) is 0.787. The molecule has 2 unspecified atom stereocenters. The summed E-state index contributed by atoms with van der Waals surface area (Å²) >= 11 is 0. The lowest BCUT2D eigenvalue weighted by atomic mass is 9.92. The lowest BCUT2D eigenvalue weighted by molar-refractivity contribution is -0.120. The monoisotopic (exact) mass is 417 g/mol. The zero-order valence-corrected chi connectivity index (χ0v) is 18.1. The number of anilines is 1. The normalized spacial score (nSPS) is 28.6. The number of carbonyl (C=O) groups excluding carboxylic acids is 1. The number of ether oxygens (including phenoxy) is 1. The Morgan fingerprint density at radius 3 is 2.52 bits per heavy atom. The van der Waals surface area contributed by atoms with Crippen molar-refractivity contribution in [1.29, 1.82) is 0 Å². The second kappa shape index (κ2) is 11.2. The molecule has 2 heterocycles. The average molecular weight is 418 g/mol. The molecule has 0 aliphatic carbocycles. The van der Waals surface area contributed by atoms with Gasteiger partial charge in [-0.1, -0.05) is 18.2 Å². The topological polar surface area (TPSA) is 53.6 Å². The van der Waals surface area contributed by atoms with Crippen molar-refractivity contribution in [2.24, 2.45) is 5.92 Å². The molecule has 2 saturated heterocycles. The second-order valence-corrected chi connectivity index (χ2v) is 7.67. The van der Waals surface area contributed by atoms with Crippen LogP contribution in [-0.4, -0.2) is 48.7 Å². The van der Waals surface area contributed by atoms with Crippen molar-refractivity contribution in [1.82, 2.24) is 10.2 Å². The maximum absolute atomic E-state index is 12.7. The largest absolute Gasteiger partial charge is 0.373 e. The fourth-order valence-electron chi connectivity index (χ4n) is 4.04. The van der Waals surface area contributed by atoms with Gasteiger partial charge in [-0.15, -0.1) is 24.8 Å². The van der Waals surface area contributed by atoms with Gasteiger partial charge in [0.1, 0.15) is 0 Å². The van der Waals surface area contributed by atoms with Crippen LogP contribution in [0, 0.1) is 5.92 Å². The number of para-hydroxylation sites is 1. The van der Waals surface area contributed by atoms with E-state index in [0.717, 1.165) is 44.7 Å². The number of morpholine rings is 1. The molecule has 7 heteroatoms. The van der Waals surface area contributed by atoms with Crippen LogP contribution in [0.2, 0.25) is 0 Å². The number of halogens is 2. The number of rotatable bonds is 4. The van der Waals surface area contributed by atoms with E-state index in [-0.39, 0.29) is 48.8 Å². The van der Waals surface area contributed by atoms with Gasteiger partial charge in [0, 0.05) is 37.3 Å². The van der Waals surface area contributed by atoms with Crippen molar-refractivity contribution in [2.45, 2.75) is 58.4 Å². The maximum Gasteiger partial charge on any atom is 0.227 e. The third-order valence-electron chi connectivity index (χ3n) is 5.16. The van der Waals surface area contributed by atoms with Gasteiger partial charge in [-0.2, -0.15) is 0 Å². The lowest BCUT2D eigenvalue weighted by Gasteiger charge is -2.35. The molecule has 0 aromatic heterocycles. The SMILES string of the molecule is CC1CN(Cc2ccccc2NC(=O)[C@H]2CCN[C@@H](C)C2)CC(C)O1.Cl.Cl. The molecule has 2 N–H and O–H groups in total. The number of hydrogen-bond acceptors (Lipinski definition) is 4. The summed E-state index contributed by atoms with van der Waals surface area (Å²) in [5.74, 6) is 0.261.